The van der Waals surface area contributed by atoms with Crippen LogP contribution in [0.4, 0.5) is 11.6 Å². The molecule has 0 unspecified atom stereocenters. The molecule has 0 spiro atoms. The van der Waals surface area contributed by atoms with Crippen LogP contribution < -0.4 is 10.5 Å². The minimum Gasteiger partial charge on any atom is -0.298 e. The first-order chi connectivity index (χ1) is 13.7. The zero-order chi connectivity index (χ0) is 19.5. The van der Waals surface area contributed by atoms with Gasteiger partial charge < -0.3 is 0 Å². The summed E-state index contributed by atoms with van der Waals surface area (Å²) in [6.45, 7) is 6.13. The summed E-state index contributed by atoms with van der Waals surface area (Å²) >= 11 is 0. The van der Waals surface area contributed by atoms with Crippen LogP contribution in [-0.4, -0.2) is 27.7 Å². The van der Waals surface area contributed by atoms with Gasteiger partial charge in [0, 0.05) is 23.5 Å². The number of fused-ring (bicyclic) bond motifs is 1. The highest BCUT2D eigenvalue weighted by molar-refractivity contribution is 5.58. The van der Waals surface area contributed by atoms with Crippen molar-refractivity contribution in [1.82, 2.24) is 14.5 Å². The summed E-state index contributed by atoms with van der Waals surface area (Å²) in [5.41, 5.74) is 4.08. The smallest absolute Gasteiger partial charge is 0.259 e. The Balaban J connectivity index is 1.70. The van der Waals surface area contributed by atoms with Crippen molar-refractivity contribution >= 4 is 11.6 Å². The number of benzene rings is 2. The van der Waals surface area contributed by atoms with Gasteiger partial charge in [-0.1, -0.05) is 55.5 Å². The molecule has 1 aromatic heterocycles. The Labute approximate surface area is 165 Å². The van der Waals surface area contributed by atoms with Crippen LogP contribution >= 0.6 is 0 Å². The van der Waals surface area contributed by atoms with Crippen molar-refractivity contribution in [2.45, 2.75) is 33.4 Å². The summed E-state index contributed by atoms with van der Waals surface area (Å²) in [4.78, 5) is 22.4. The molecule has 5 nitrogen and oxygen atoms in total. The summed E-state index contributed by atoms with van der Waals surface area (Å²) in [6.07, 6.45) is 1.65. The van der Waals surface area contributed by atoms with Crippen molar-refractivity contribution in [2.75, 3.05) is 18.1 Å². The highest BCUT2D eigenvalue weighted by Crippen LogP contribution is 2.27. The Kier molecular flexibility index (Phi) is 5.26. The van der Waals surface area contributed by atoms with Gasteiger partial charge in [0.15, 0.2) is 0 Å². The summed E-state index contributed by atoms with van der Waals surface area (Å²) in [6, 6.07) is 20.7. The number of para-hydroxylation sites is 1. The van der Waals surface area contributed by atoms with Crippen LogP contribution in [-0.2, 0) is 19.5 Å². The predicted molar refractivity (Wildman–Crippen MR) is 113 cm³/mol. The molecule has 5 heteroatoms. The van der Waals surface area contributed by atoms with E-state index in [0.29, 0.717) is 19.8 Å². The van der Waals surface area contributed by atoms with E-state index in [1.165, 1.54) is 5.56 Å². The molecule has 1 aliphatic heterocycles. The number of nitrogens with zero attached hydrogens (tertiary/aromatic N) is 4. The minimum atomic E-state index is 0.0790. The fourth-order valence-corrected chi connectivity index (χ4v) is 3.81. The van der Waals surface area contributed by atoms with Crippen LogP contribution in [0.2, 0.25) is 0 Å². The zero-order valence-corrected chi connectivity index (χ0v) is 16.5. The molecule has 0 bridgehead atoms. The van der Waals surface area contributed by atoms with Crippen LogP contribution in [0.15, 0.2) is 65.5 Å². The maximum absolute atomic E-state index is 13.1. The Morgan fingerprint density at radius 3 is 2.32 bits per heavy atom. The van der Waals surface area contributed by atoms with Crippen LogP contribution in [0.1, 0.15) is 23.7 Å². The van der Waals surface area contributed by atoms with Gasteiger partial charge in [0.1, 0.15) is 0 Å². The molecular weight excluding hydrogens is 348 g/mol. The summed E-state index contributed by atoms with van der Waals surface area (Å²) in [5, 5.41) is 0. The van der Waals surface area contributed by atoms with E-state index in [1.807, 2.05) is 42.7 Å². The van der Waals surface area contributed by atoms with E-state index >= 15 is 0 Å². The average molecular weight is 374 g/mol. The topological polar surface area (TPSA) is 41.4 Å². The highest BCUT2D eigenvalue weighted by atomic mass is 16.1. The Hall–Kier alpha value is -2.92. The second-order valence-corrected chi connectivity index (χ2v) is 7.24. The van der Waals surface area contributed by atoms with E-state index in [0.717, 1.165) is 35.9 Å². The molecule has 0 radical (unpaired) electrons. The van der Waals surface area contributed by atoms with Gasteiger partial charge >= 0.3 is 0 Å². The SMILES string of the molecule is CCc1c(C)nc2n(c1=O)CN(CCc1ccccc1)CN2c1ccccc1. The molecule has 2 aromatic carbocycles. The molecular formula is C23H26N4O. The lowest BCUT2D eigenvalue weighted by atomic mass is 10.1. The third-order valence-electron chi connectivity index (χ3n) is 5.35. The van der Waals surface area contributed by atoms with Gasteiger partial charge in [-0.05, 0) is 37.5 Å². The number of hydrogen-bond acceptors (Lipinski definition) is 4. The number of hydrogen-bond donors (Lipinski definition) is 0. The standard InChI is InChI=1S/C23H26N4O/c1-3-21-18(2)24-23-26(20-12-8-5-9-13-20)16-25(17-27(23)22(21)28)15-14-19-10-6-4-7-11-19/h4-13H,3,14-17H2,1-2H3. The molecule has 0 N–H and O–H groups in total. The maximum atomic E-state index is 13.1. The Morgan fingerprint density at radius 1 is 0.964 bits per heavy atom. The van der Waals surface area contributed by atoms with Crippen molar-refractivity contribution in [3.63, 3.8) is 0 Å². The second kappa shape index (κ2) is 7.98. The monoisotopic (exact) mass is 374 g/mol. The molecule has 0 amide bonds. The highest BCUT2D eigenvalue weighted by Gasteiger charge is 2.27. The van der Waals surface area contributed by atoms with Crippen molar-refractivity contribution in [3.8, 4) is 0 Å². The first kappa shape index (κ1) is 18.4. The molecule has 144 valence electrons. The molecule has 0 fully saturated rings. The maximum Gasteiger partial charge on any atom is 0.259 e. The summed E-state index contributed by atoms with van der Waals surface area (Å²) in [7, 11) is 0. The fourth-order valence-electron chi connectivity index (χ4n) is 3.81. The lowest BCUT2D eigenvalue weighted by Crippen LogP contribution is -2.48. The lowest BCUT2D eigenvalue weighted by molar-refractivity contribution is 0.200. The van der Waals surface area contributed by atoms with Crippen molar-refractivity contribution < 1.29 is 0 Å². The minimum absolute atomic E-state index is 0.0790. The van der Waals surface area contributed by atoms with E-state index < -0.39 is 0 Å². The summed E-state index contributed by atoms with van der Waals surface area (Å²) < 4.78 is 1.83. The predicted octanol–water partition coefficient (Wildman–Crippen LogP) is 3.73. The molecule has 0 saturated carbocycles. The van der Waals surface area contributed by atoms with Gasteiger partial charge in [-0.2, -0.15) is 0 Å². The molecule has 0 aliphatic carbocycles. The summed E-state index contributed by atoms with van der Waals surface area (Å²) in [5.74, 6) is 0.738. The molecule has 28 heavy (non-hydrogen) atoms. The van der Waals surface area contributed by atoms with Crippen molar-refractivity contribution in [1.29, 1.82) is 0 Å². The third-order valence-corrected chi connectivity index (χ3v) is 5.35. The van der Waals surface area contributed by atoms with Crippen LogP contribution in [0.25, 0.3) is 0 Å². The van der Waals surface area contributed by atoms with E-state index in [2.05, 4.69) is 46.2 Å². The van der Waals surface area contributed by atoms with Crippen molar-refractivity contribution in [3.05, 3.63) is 87.8 Å². The van der Waals surface area contributed by atoms with E-state index in [-0.39, 0.29) is 5.56 Å². The zero-order valence-electron chi connectivity index (χ0n) is 16.5. The molecule has 0 saturated heterocycles. The molecule has 1 aliphatic rings. The second-order valence-electron chi connectivity index (χ2n) is 7.24. The van der Waals surface area contributed by atoms with Crippen LogP contribution in [0, 0.1) is 6.92 Å². The Morgan fingerprint density at radius 2 is 1.64 bits per heavy atom. The van der Waals surface area contributed by atoms with Gasteiger partial charge in [0.25, 0.3) is 5.56 Å². The lowest BCUT2D eigenvalue weighted by Gasteiger charge is -2.38. The average Bonchev–Trinajstić information content (AvgIpc) is 2.74. The number of anilines is 2. The van der Waals surface area contributed by atoms with E-state index in [9.17, 15) is 4.79 Å². The number of aryl methyl sites for hydroxylation is 1. The van der Waals surface area contributed by atoms with Crippen molar-refractivity contribution in [2.24, 2.45) is 0 Å². The molecule has 3 aromatic rings. The normalized spacial score (nSPS) is 14.1. The van der Waals surface area contributed by atoms with Crippen LogP contribution in [0.5, 0.6) is 0 Å². The first-order valence-corrected chi connectivity index (χ1v) is 9.86. The number of aromatic nitrogens is 2. The molecule has 4 rings (SSSR count). The third kappa shape index (κ3) is 3.58. The van der Waals surface area contributed by atoms with Gasteiger partial charge in [-0.3, -0.25) is 19.2 Å². The number of rotatable bonds is 5. The largest absolute Gasteiger partial charge is 0.298 e. The van der Waals surface area contributed by atoms with Crippen LogP contribution in [0.3, 0.4) is 0 Å². The quantitative estimate of drug-likeness (QED) is 0.682. The van der Waals surface area contributed by atoms with Gasteiger partial charge in [0.2, 0.25) is 5.95 Å². The molecule has 2 heterocycles. The molecule has 0 atom stereocenters. The Bertz CT molecular complexity index is 998. The van der Waals surface area contributed by atoms with Gasteiger partial charge in [-0.25, -0.2) is 4.98 Å². The van der Waals surface area contributed by atoms with Gasteiger partial charge in [-0.15, -0.1) is 0 Å². The van der Waals surface area contributed by atoms with E-state index in [1.54, 1.807) is 0 Å². The first-order valence-electron chi connectivity index (χ1n) is 9.86. The fraction of sp³-hybridized carbons (Fsp3) is 0.304. The van der Waals surface area contributed by atoms with Gasteiger partial charge in [0.05, 0.1) is 13.3 Å². The van der Waals surface area contributed by atoms with E-state index in [4.69, 9.17) is 4.98 Å².